The van der Waals surface area contributed by atoms with Gasteiger partial charge in [0.05, 0.1) is 16.3 Å². The number of rotatable bonds is 3. The predicted octanol–water partition coefficient (Wildman–Crippen LogP) is 2.18. The fraction of sp³-hybridized carbons (Fsp3) is 0.789. The number of thiazole rings is 1. The third-order valence-electron chi connectivity index (χ3n) is 6.29. The lowest BCUT2D eigenvalue weighted by Gasteiger charge is -2.50. The molecule has 0 saturated carbocycles. The highest BCUT2D eigenvalue weighted by molar-refractivity contribution is 7.09. The first kappa shape index (κ1) is 18.2. The molecule has 1 N–H and O–H groups in total. The molecule has 0 aliphatic carbocycles. The highest BCUT2D eigenvalue weighted by atomic mass is 32.1. The summed E-state index contributed by atoms with van der Waals surface area (Å²) >= 11 is 1.73. The van der Waals surface area contributed by atoms with Crippen LogP contribution in [0.3, 0.4) is 0 Å². The number of aryl methyl sites for hydroxylation is 1. The van der Waals surface area contributed by atoms with Gasteiger partial charge in [-0.05, 0) is 32.1 Å². The molecule has 0 unspecified atom stereocenters. The third-order valence-corrected chi connectivity index (χ3v) is 7.33. The van der Waals surface area contributed by atoms with Gasteiger partial charge in [0.15, 0.2) is 0 Å². The van der Waals surface area contributed by atoms with Gasteiger partial charge >= 0.3 is 6.03 Å². The van der Waals surface area contributed by atoms with Crippen LogP contribution >= 0.6 is 11.3 Å². The van der Waals surface area contributed by atoms with Crippen molar-refractivity contribution >= 4 is 17.4 Å². The number of carbonyl (C=O) groups is 1. The average Bonchev–Trinajstić information content (AvgIpc) is 3.33. The SMILES string of the molecule is CCc1nc(CN2CC[C@@]3(O)CCN(C(=O)N4CCCC4)C[C@H]3C2)cs1. The largest absolute Gasteiger partial charge is 0.389 e. The van der Waals surface area contributed by atoms with Crippen LogP contribution in [-0.2, 0) is 13.0 Å². The fourth-order valence-corrected chi connectivity index (χ4v) is 5.35. The molecule has 0 radical (unpaired) electrons. The van der Waals surface area contributed by atoms with Gasteiger partial charge < -0.3 is 14.9 Å². The summed E-state index contributed by atoms with van der Waals surface area (Å²) in [5, 5.41) is 14.4. The van der Waals surface area contributed by atoms with Gasteiger partial charge in [-0.15, -0.1) is 11.3 Å². The number of hydrogen-bond acceptors (Lipinski definition) is 5. The van der Waals surface area contributed by atoms with Crippen molar-refractivity contribution in [1.29, 1.82) is 0 Å². The molecule has 144 valence electrons. The molecule has 4 heterocycles. The lowest BCUT2D eigenvalue weighted by Crippen LogP contribution is -2.61. The van der Waals surface area contributed by atoms with E-state index in [9.17, 15) is 9.90 Å². The number of amides is 2. The summed E-state index contributed by atoms with van der Waals surface area (Å²) in [4.78, 5) is 23.8. The molecule has 0 aromatic carbocycles. The Morgan fingerprint density at radius 3 is 2.73 bits per heavy atom. The summed E-state index contributed by atoms with van der Waals surface area (Å²) in [6, 6.07) is 0.175. The zero-order valence-corrected chi connectivity index (χ0v) is 16.5. The summed E-state index contributed by atoms with van der Waals surface area (Å²) in [5.74, 6) is 0.140. The third kappa shape index (κ3) is 3.62. The minimum Gasteiger partial charge on any atom is -0.389 e. The maximum absolute atomic E-state index is 12.7. The van der Waals surface area contributed by atoms with E-state index in [0.29, 0.717) is 19.5 Å². The molecule has 0 spiro atoms. The number of piperidine rings is 2. The highest BCUT2D eigenvalue weighted by Gasteiger charge is 2.46. The van der Waals surface area contributed by atoms with Gasteiger partial charge in [-0.3, -0.25) is 4.90 Å². The van der Waals surface area contributed by atoms with Gasteiger partial charge in [0.25, 0.3) is 0 Å². The Morgan fingerprint density at radius 1 is 1.23 bits per heavy atom. The topological polar surface area (TPSA) is 59.9 Å². The van der Waals surface area contributed by atoms with Crippen molar-refractivity contribution in [3.05, 3.63) is 16.1 Å². The van der Waals surface area contributed by atoms with E-state index < -0.39 is 5.60 Å². The maximum atomic E-state index is 12.7. The molecule has 2 amide bonds. The molecule has 0 bridgehead atoms. The first-order valence-corrected chi connectivity index (χ1v) is 10.9. The van der Waals surface area contributed by atoms with Gasteiger partial charge in [-0.2, -0.15) is 0 Å². The van der Waals surface area contributed by atoms with Crippen molar-refractivity contribution in [3.63, 3.8) is 0 Å². The van der Waals surface area contributed by atoms with Crippen LogP contribution in [0.15, 0.2) is 5.38 Å². The van der Waals surface area contributed by atoms with E-state index in [1.807, 2.05) is 9.80 Å². The number of nitrogens with zero attached hydrogens (tertiary/aromatic N) is 4. The van der Waals surface area contributed by atoms with E-state index in [1.165, 1.54) is 5.01 Å². The summed E-state index contributed by atoms with van der Waals surface area (Å²) in [6.07, 6.45) is 4.73. The van der Waals surface area contributed by atoms with Gasteiger partial charge in [0, 0.05) is 57.1 Å². The molecule has 1 aromatic rings. The van der Waals surface area contributed by atoms with Crippen LogP contribution in [0.2, 0.25) is 0 Å². The van der Waals surface area contributed by atoms with Crippen LogP contribution in [0.5, 0.6) is 0 Å². The molecule has 7 heteroatoms. The first-order chi connectivity index (χ1) is 12.6. The summed E-state index contributed by atoms with van der Waals surface area (Å²) in [7, 11) is 0. The van der Waals surface area contributed by atoms with E-state index in [2.05, 4.69) is 22.2 Å². The molecular weight excluding hydrogens is 348 g/mol. The minimum absolute atomic E-state index is 0.140. The number of aromatic nitrogens is 1. The molecule has 1 aromatic heterocycles. The quantitative estimate of drug-likeness (QED) is 0.876. The lowest BCUT2D eigenvalue weighted by molar-refractivity contribution is -0.108. The van der Waals surface area contributed by atoms with E-state index in [4.69, 9.17) is 0 Å². The number of carbonyl (C=O) groups excluding carboxylic acids is 1. The molecular formula is C19H30N4O2S. The number of fused-ring (bicyclic) bond motifs is 1. The van der Waals surface area contributed by atoms with Crippen molar-refractivity contribution in [2.24, 2.45) is 5.92 Å². The minimum atomic E-state index is -0.602. The van der Waals surface area contributed by atoms with Crippen LogP contribution in [0.25, 0.3) is 0 Å². The van der Waals surface area contributed by atoms with Crippen molar-refractivity contribution in [2.75, 3.05) is 39.3 Å². The predicted molar refractivity (Wildman–Crippen MR) is 102 cm³/mol. The Kier molecular flexibility index (Phi) is 5.21. The van der Waals surface area contributed by atoms with Crippen molar-refractivity contribution in [1.82, 2.24) is 19.7 Å². The Labute approximate surface area is 159 Å². The molecule has 4 rings (SSSR count). The van der Waals surface area contributed by atoms with Crippen molar-refractivity contribution in [2.45, 2.75) is 51.2 Å². The molecule has 26 heavy (non-hydrogen) atoms. The maximum Gasteiger partial charge on any atom is 0.320 e. The second-order valence-electron chi connectivity index (χ2n) is 8.04. The number of hydrogen-bond donors (Lipinski definition) is 1. The van der Waals surface area contributed by atoms with Gasteiger partial charge in [0.1, 0.15) is 0 Å². The number of urea groups is 1. The van der Waals surface area contributed by atoms with Crippen molar-refractivity contribution < 1.29 is 9.90 Å². The number of aliphatic hydroxyl groups is 1. The van der Waals surface area contributed by atoms with Crippen molar-refractivity contribution in [3.8, 4) is 0 Å². The van der Waals surface area contributed by atoms with Gasteiger partial charge in [0.2, 0.25) is 0 Å². The molecule has 2 atom stereocenters. The normalized spacial score (nSPS) is 29.8. The first-order valence-electron chi connectivity index (χ1n) is 9.99. The standard InChI is InChI=1S/C19H30N4O2S/c1-2-17-20-16(14-26-17)13-21-9-5-19(25)6-10-23(12-15(19)11-21)18(24)22-7-3-4-8-22/h14-15,25H,2-13H2,1H3/t15-,19-/m1/s1. The smallest absolute Gasteiger partial charge is 0.320 e. The molecule has 3 saturated heterocycles. The van der Waals surface area contributed by atoms with E-state index in [1.54, 1.807) is 11.3 Å². The van der Waals surface area contributed by atoms with E-state index >= 15 is 0 Å². The van der Waals surface area contributed by atoms with Crippen LogP contribution in [0.4, 0.5) is 4.79 Å². The lowest BCUT2D eigenvalue weighted by atomic mass is 9.75. The molecule has 3 aliphatic heterocycles. The summed E-state index contributed by atoms with van der Waals surface area (Å²) in [5.41, 5.74) is 0.535. The Hall–Kier alpha value is -1.18. The second kappa shape index (κ2) is 7.44. The molecule has 3 fully saturated rings. The zero-order valence-electron chi connectivity index (χ0n) is 15.7. The number of likely N-dealkylation sites (tertiary alicyclic amines) is 3. The van der Waals surface area contributed by atoms with E-state index in [-0.39, 0.29) is 11.9 Å². The van der Waals surface area contributed by atoms with Crippen LogP contribution in [0, 0.1) is 5.92 Å². The van der Waals surface area contributed by atoms with Gasteiger partial charge in [-0.1, -0.05) is 6.92 Å². The molecule has 6 nitrogen and oxygen atoms in total. The van der Waals surface area contributed by atoms with Gasteiger partial charge in [-0.25, -0.2) is 9.78 Å². The Balaban J connectivity index is 1.38. The average molecular weight is 379 g/mol. The van der Waals surface area contributed by atoms with Crippen LogP contribution in [-0.4, -0.2) is 75.7 Å². The zero-order chi connectivity index (χ0) is 18.1. The Bertz CT molecular complexity index is 645. The summed E-state index contributed by atoms with van der Waals surface area (Å²) < 4.78 is 0. The molecule has 3 aliphatic rings. The fourth-order valence-electron chi connectivity index (χ4n) is 4.61. The highest BCUT2D eigenvalue weighted by Crippen LogP contribution is 2.36. The Morgan fingerprint density at radius 2 is 2.00 bits per heavy atom. The monoisotopic (exact) mass is 378 g/mol. The second-order valence-corrected chi connectivity index (χ2v) is 8.99. The van der Waals surface area contributed by atoms with Crippen LogP contribution < -0.4 is 0 Å². The van der Waals surface area contributed by atoms with E-state index in [0.717, 1.165) is 64.1 Å². The summed E-state index contributed by atoms with van der Waals surface area (Å²) in [6.45, 7) is 7.89. The van der Waals surface area contributed by atoms with Crippen LogP contribution in [0.1, 0.15) is 43.3 Å².